The Morgan fingerprint density at radius 1 is 0.389 bits per heavy atom. The minimum Gasteiger partial charge on any atom is -0.497 e. The maximum Gasteiger partial charge on any atom is 0.348 e. The average molecular weight is 2310 g/mol. The summed E-state index contributed by atoms with van der Waals surface area (Å²) in [6.45, 7) is 21.7. The van der Waals surface area contributed by atoms with E-state index in [4.69, 9.17) is 43.4 Å². The van der Waals surface area contributed by atoms with Crippen LogP contribution in [0.3, 0.4) is 0 Å². The summed E-state index contributed by atoms with van der Waals surface area (Å²) < 4.78 is 42.1. The number of halogens is 3. The number of benzene rings is 6. The second-order valence-electron chi connectivity index (χ2n) is 41.9. The van der Waals surface area contributed by atoms with E-state index in [0.29, 0.717) is 80.1 Å². The third-order valence-electron chi connectivity index (χ3n) is 30.3. The summed E-state index contributed by atoms with van der Waals surface area (Å²) in [7, 11) is 5.90. The number of nitrogens with zero attached hydrogens (tertiary/aromatic N) is 1. The highest BCUT2D eigenvalue weighted by molar-refractivity contribution is 9.12. The molecule has 10 aromatic rings. The van der Waals surface area contributed by atoms with Crippen molar-refractivity contribution in [2.24, 2.45) is 28.8 Å². The van der Waals surface area contributed by atoms with Crippen LogP contribution in [0.15, 0.2) is 231 Å². The van der Waals surface area contributed by atoms with E-state index in [9.17, 15) is 29.4 Å². The number of aliphatic hydroxyl groups excluding tert-OH is 2. The number of hydrogen-bond donors (Lipinski definition) is 4. The van der Waals surface area contributed by atoms with Crippen molar-refractivity contribution in [3.05, 3.63) is 320 Å². The number of unbranched alkanes of at least 4 members (excludes halogenated alkanes) is 8. The van der Waals surface area contributed by atoms with Gasteiger partial charge in [0.15, 0.2) is 8.24 Å². The molecule has 4 aliphatic carbocycles. The average Bonchev–Trinajstić information content (AvgIpc) is 1.68. The van der Waals surface area contributed by atoms with E-state index >= 15 is 0 Å². The first-order valence-corrected chi connectivity index (χ1v) is 63.1. The molecule has 0 bridgehead atoms. The van der Waals surface area contributed by atoms with Crippen LogP contribution < -0.4 is 14.6 Å². The summed E-state index contributed by atoms with van der Waals surface area (Å²) >= 11 is 17.5. The number of aromatic carboxylic acids is 1. The van der Waals surface area contributed by atoms with Crippen molar-refractivity contribution in [3.8, 4) is 11.5 Å². The molecule has 1 saturated carbocycles. The lowest BCUT2D eigenvalue weighted by Crippen LogP contribution is -2.49. The number of carbonyl (C=O) groups excluding carboxylic acids is 3. The highest BCUT2D eigenvalue weighted by Crippen LogP contribution is 2.51. The summed E-state index contributed by atoms with van der Waals surface area (Å²) in [4.78, 5) is 53.7. The molecule has 4 N–H and O–H groups in total. The number of esters is 3. The van der Waals surface area contributed by atoms with Crippen molar-refractivity contribution in [1.82, 2.24) is 5.09 Å². The Bertz CT molecular complexity index is 5820. The molecule has 0 spiro atoms. The van der Waals surface area contributed by atoms with E-state index in [-0.39, 0.29) is 47.4 Å². The normalized spacial score (nSPS) is 18.5. The Balaban J connectivity index is 0.000000192. The zero-order valence-corrected chi connectivity index (χ0v) is 99.5. The van der Waals surface area contributed by atoms with Gasteiger partial charge in [0, 0.05) is 48.9 Å². The Morgan fingerprint density at radius 3 is 0.993 bits per heavy atom. The van der Waals surface area contributed by atoms with Gasteiger partial charge in [-0.25, -0.2) is 19.2 Å². The second kappa shape index (κ2) is 63.0. The van der Waals surface area contributed by atoms with Gasteiger partial charge < -0.3 is 53.6 Å². The molecule has 806 valence electrons. The van der Waals surface area contributed by atoms with Crippen molar-refractivity contribution < 1.29 is 67.7 Å². The van der Waals surface area contributed by atoms with E-state index in [1.807, 2.05) is 54.6 Å². The molecule has 4 aromatic heterocycles. The molecule has 4 aliphatic rings. The van der Waals surface area contributed by atoms with Gasteiger partial charge in [-0.3, -0.25) is 0 Å². The first-order valence-electron chi connectivity index (χ1n) is 54.5. The summed E-state index contributed by atoms with van der Waals surface area (Å²) in [5, 5.41) is 39.0. The third kappa shape index (κ3) is 37.3. The zero-order chi connectivity index (χ0) is 107. The van der Waals surface area contributed by atoms with Gasteiger partial charge in [-0.1, -0.05) is 313 Å². The summed E-state index contributed by atoms with van der Waals surface area (Å²) in [5.41, 5.74) is 13.5. The van der Waals surface area contributed by atoms with Crippen LogP contribution in [0.2, 0.25) is 18.1 Å². The van der Waals surface area contributed by atoms with Crippen molar-refractivity contribution in [1.29, 1.82) is 0 Å². The van der Waals surface area contributed by atoms with Crippen LogP contribution in [0.25, 0.3) is 0 Å². The lowest BCUT2D eigenvalue weighted by molar-refractivity contribution is 0.0321. The first kappa shape index (κ1) is 121. The minimum absolute atomic E-state index is 0.0566. The largest absolute Gasteiger partial charge is 0.497 e. The maximum absolute atomic E-state index is 12.0. The number of carboxylic acids is 1. The minimum atomic E-state index is -1.78. The number of allylic oxidation sites excluding steroid dienone is 6. The smallest absolute Gasteiger partial charge is 0.348 e. The van der Waals surface area contributed by atoms with Gasteiger partial charge in [0.25, 0.3) is 0 Å². The van der Waals surface area contributed by atoms with Gasteiger partial charge in [0.2, 0.25) is 0 Å². The van der Waals surface area contributed by atoms with Crippen molar-refractivity contribution in [2.75, 3.05) is 35.5 Å². The van der Waals surface area contributed by atoms with Crippen molar-refractivity contribution >= 4 is 131 Å². The Morgan fingerprint density at radius 2 is 0.691 bits per heavy atom. The summed E-state index contributed by atoms with van der Waals surface area (Å²) in [6.07, 6.45) is 42.2. The van der Waals surface area contributed by atoms with Gasteiger partial charge in [-0.05, 0) is 319 Å². The molecule has 16 nitrogen and oxygen atoms in total. The standard InChI is InChI=1S/C40H58N2O4SSi.C34H41BrO4S.C26H33BrO3S.C25H31BrO3S/c1-9-10-11-15-36(46-28-29-16-23-33(44-5)24-17-29)30-18-20-32(21-19-30)38-31(13-12-14-34-25-27-37(47-34)39(43)45-6)22-26-35(38)41-42-48(7,8)40(2,3)4;1-4-5-6-10-31(39-23-24-11-18-28(37-2)19-12-24)25-13-15-27(16-14-25)33-26(17-21-30(33)35)8-7-9-29-20-22-32(40-29)34(36)38-3;1-3-4-5-9-23(28)18-10-12-20(13-11-18)25-19(14-16-22(25)27)7-6-8-21-15-17-24(31-21)26(29)30-2;1-2-3-4-8-22(27)17-9-11-19(12-10-17)24-18(13-15-21(24)26)6-5-7-20-14-16-23(30-20)25(28)29/h16-21,23-25,27,31,36,38,42H,9-15,22,26,28H2,1-8H3;11-16,18-22,26,31,33H,4-10,17,23H2,1-3H3;10-13,15-17,19,23,25,28H,3-9,14H2,1-2H3;9-12,14-16,18,22,24,27H,2-8,13H2,1H3,(H,28,29)/t31-,36?,38-;26-,31?,33-;19-,23?,25-;18-,22?,24-/m0000/s1. The van der Waals surface area contributed by atoms with Crippen LogP contribution in [0.5, 0.6) is 11.5 Å². The molecule has 4 heterocycles. The SMILES string of the molecule is CCCCCC(O)c1ccc([C@H]2C(Br)=CC[C@@H]2CCCc2ccc(C(=O)O)s2)cc1.CCCCCC(O)c1ccc([C@H]2C(Br)=CC[C@@H]2CCCc2ccc(C(=O)OC)s2)cc1.CCCCCC(OCc1ccc(OC)cc1)c1ccc([C@H]2C(=NN[Si](C)(C)C(C)(C)C)CC[C@@H]2CCCc2ccc(C(=O)OC)s2)cc1.CCCCCC(OCc1ccc(OC)cc1)c1ccc([C@H]2C(Br)=CC[C@@H]2CCCc2ccc(C(=O)OC)s2)cc1. The van der Waals surface area contributed by atoms with E-state index < -0.39 is 14.2 Å². The fourth-order valence-electron chi connectivity index (χ4n) is 20.4. The number of nitrogens with one attached hydrogen (secondary N) is 1. The number of hydrogen-bond acceptors (Lipinski definition) is 19. The van der Waals surface area contributed by atoms with Gasteiger partial charge in [-0.2, -0.15) is 5.10 Å². The van der Waals surface area contributed by atoms with Gasteiger partial charge in [0.05, 0.1) is 73.2 Å². The predicted octanol–water partition coefficient (Wildman–Crippen LogP) is 35.7. The van der Waals surface area contributed by atoms with Crippen LogP contribution in [0.4, 0.5) is 0 Å². The molecule has 0 saturated heterocycles. The molecule has 0 amide bonds. The van der Waals surface area contributed by atoms with E-state index in [0.717, 1.165) is 199 Å². The third-order valence-corrected chi connectivity index (χ3v) is 41.7. The fourth-order valence-corrected chi connectivity index (χ4v) is 27.5. The number of thiophene rings is 4. The summed E-state index contributed by atoms with van der Waals surface area (Å²) in [6, 6.07) is 67.3. The molecule has 1 fully saturated rings. The second-order valence-corrected chi connectivity index (χ2v) is 54.3. The molecule has 4 unspecified atom stereocenters. The molecule has 6 aromatic carbocycles. The molecule has 0 aliphatic heterocycles. The van der Waals surface area contributed by atoms with Crippen LogP contribution in [0.1, 0.15) is 397 Å². The van der Waals surface area contributed by atoms with Gasteiger partial charge in [0.1, 0.15) is 31.0 Å². The number of methoxy groups -OCH3 is 5. The van der Waals surface area contributed by atoms with Crippen LogP contribution >= 0.6 is 93.1 Å². The molecule has 149 heavy (non-hydrogen) atoms. The van der Waals surface area contributed by atoms with Crippen LogP contribution in [-0.2, 0) is 62.6 Å². The maximum atomic E-state index is 12.0. The first-order chi connectivity index (χ1) is 72.0. The lowest BCUT2D eigenvalue weighted by Gasteiger charge is -2.36. The van der Waals surface area contributed by atoms with Gasteiger partial charge >= 0.3 is 23.9 Å². The van der Waals surface area contributed by atoms with Gasteiger partial charge in [-0.15, -0.1) is 45.3 Å². The number of ether oxygens (including phenoxy) is 7. The number of aliphatic hydroxyl groups is 2. The summed E-state index contributed by atoms with van der Waals surface area (Å²) in [5.74, 6) is 3.82. The quantitative estimate of drug-likeness (QED) is 0.00916. The number of carboxylic acid groups (broad SMARTS) is 1. The predicted molar refractivity (Wildman–Crippen MR) is 630 cm³/mol. The molecular formula is C125H163Br3N2O14S4Si. The fraction of sp³-hybridized carbons (Fsp3) is 0.496. The number of rotatable bonds is 54. The van der Waals surface area contributed by atoms with Crippen LogP contribution in [-0.4, -0.2) is 88.7 Å². The Labute approximate surface area is 931 Å². The molecular weight excluding hydrogens is 2150 g/mol. The number of hydrazone groups is 1. The molecule has 0 radical (unpaired) electrons. The zero-order valence-electron chi connectivity index (χ0n) is 90.4. The van der Waals surface area contributed by atoms with Crippen molar-refractivity contribution in [3.63, 3.8) is 0 Å². The van der Waals surface area contributed by atoms with E-state index in [1.165, 1.54) is 163 Å². The lowest BCUT2D eigenvalue weighted by atomic mass is 9.84. The highest BCUT2D eigenvalue weighted by atomic mass is 79.9. The number of carbonyl (C=O) groups is 4. The number of aryl methyl sites for hydroxylation is 4. The molecule has 12 atom stereocenters. The topological polar surface area (TPSA) is 218 Å². The van der Waals surface area contributed by atoms with Crippen molar-refractivity contribution in [2.45, 2.75) is 340 Å². The van der Waals surface area contributed by atoms with E-state index in [2.05, 4.69) is 266 Å². The van der Waals surface area contributed by atoms with Crippen LogP contribution in [0, 0.1) is 23.7 Å². The highest BCUT2D eigenvalue weighted by Gasteiger charge is 2.40. The Kier molecular flexibility index (Phi) is 51.1. The molecule has 14 rings (SSSR count). The molecule has 24 heteroatoms. The monoisotopic (exact) mass is 2310 g/mol. The Hall–Kier alpha value is -8.21. The van der Waals surface area contributed by atoms with E-state index in [1.54, 1.807) is 43.0 Å².